The molecule has 0 bridgehead atoms. The lowest BCUT2D eigenvalue weighted by Gasteiger charge is -2.16. The highest BCUT2D eigenvalue weighted by Crippen LogP contribution is 2.27. The number of hydrogen-bond donors (Lipinski definition) is 2. The van der Waals surface area contributed by atoms with Crippen molar-refractivity contribution in [1.29, 1.82) is 0 Å². The maximum atomic E-state index is 12.1. The number of carboxylic acid groups (broad SMARTS) is 1. The second-order valence-corrected chi connectivity index (χ2v) is 5.09. The van der Waals surface area contributed by atoms with E-state index < -0.39 is 5.97 Å². The van der Waals surface area contributed by atoms with Crippen molar-refractivity contribution in [1.82, 2.24) is 0 Å². The molecule has 1 aliphatic heterocycles. The molecule has 6 heteroatoms. The summed E-state index contributed by atoms with van der Waals surface area (Å²) in [6, 6.07) is 1.61. The molecular formula is C12H15NO4S. The Morgan fingerprint density at radius 2 is 2.39 bits per heavy atom. The number of thiophene rings is 1. The zero-order valence-corrected chi connectivity index (χ0v) is 10.8. The van der Waals surface area contributed by atoms with Gasteiger partial charge in [-0.15, -0.1) is 11.3 Å². The van der Waals surface area contributed by atoms with Crippen LogP contribution >= 0.6 is 11.3 Å². The molecule has 0 spiro atoms. The molecule has 1 aromatic heterocycles. The summed E-state index contributed by atoms with van der Waals surface area (Å²) in [6.07, 6.45) is 1.42. The maximum Gasteiger partial charge on any atom is 0.348 e. The zero-order valence-electron chi connectivity index (χ0n) is 10.0. The van der Waals surface area contributed by atoms with Crippen LogP contribution in [0.3, 0.4) is 0 Å². The van der Waals surface area contributed by atoms with Crippen LogP contribution in [-0.2, 0) is 9.53 Å². The fourth-order valence-electron chi connectivity index (χ4n) is 2.15. The van der Waals surface area contributed by atoms with Gasteiger partial charge in [-0.05, 0) is 24.3 Å². The van der Waals surface area contributed by atoms with Gasteiger partial charge in [-0.3, -0.25) is 4.79 Å². The van der Waals surface area contributed by atoms with Crippen molar-refractivity contribution in [3.8, 4) is 0 Å². The summed E-state index contributed by atoms with van der Waals surface area (Å²) in [5.74, 6) is -1.35. The van der Waals surface area contributed by atoms with Crippen LogP contribution in [0.15, 0.2) is 11.4 Å². The molecule has 1 aliphatic rings. The van der Waals surface area contributed by atoms with Crippen LogP contribution in [0.2, 0.25) is 0 Å². The van der Waals surface area contributed by atoms with Crippen molar-refractivity contribution in [3.63, 3.8) is 0 Å². The molecule has 98 valence electrons. The maximum absolute atomic E-state index is 12.1. The fraction of sp³-hybridized carbons (Fsp3) is 0.500. The molecule has 1 fully saturated rings. The van der Waals surface area contributed by atoms with E-state index in [0.717, 1.165) is 17.8 Å². The Kier molecular flexibility index (Phi) is 3.98. The molecule has 2 rings (SSSR count). The first-order valence-electron chi connectivity index (χ1n) is 5.86. The van der Waals surface area contributed by atoms with Crippen LogP contribution in [0.1, 0.15) is 29.4 Å². The number of aromatic carboxylic acids is 1. The van der Waals surface area contributed by atoms with E-state index >= 15 is 0 Å². The van der Waals surface area contributed by atoms with Gasteiger partial charge in [-0.2, -0.15) is 0 Å². The van der Waals surface area contributed by atoms with E-state index in [-0.39, 0.29) is 22.8 Å². The normalized spacial score (nSPS) is 22.9. The standard InChI is InChI=1S/C12H15NO4S/c1-2-9-7(3-5-17-9)11(14)13-8-4-6-18-10(8)12(15)16/h4,6-7,9H,2-3,5H2,1H3,(H,13,14)(H,15,16). The largest absolute Gasteiger partial charge is 0.477 e. The Morgan fingerprint density at radius 1 is 1.61 bits per heavy atom. The van der Waals surface area contributed by atoms with Gasteiger partial charge in [0, 0.05) is 6.61 Å². The minimum Gasteiger partial charge on any atom is -0.477 e. The van der Waals surface area contributed by atoms with E-state index in [4.69, 9.17) is 9.84 Å². The minimum atomic E-state index is -1.02. The van der Waals surface area contributed by atoms with Crippen LogP contribution in [0, 0.1) is 5.92 Å². The molecule has 2 heterocycles. The number of rotatable bonds is 4. The summed E-state index contributed by atoms with van der Waals surface area (Å²) in [5.41, 5.74) is 0.374. The van der Waals surface area contributed by atoms with Crippen molar-refractivity contribution in [3.05, 3.63) is 16.3 Å². The van der Waals surface area contributed by atoms with E-state index in [9.17, 15) is 9.59 Å². The molecule has 2 unspecified atom stereocenters. The van der Waals surface area contributed by atoms with Gasteiger partial charge in [0.2, 0.25) is 5.91 Å². The average Bonchev–Trinajstić information content (AvgIpc) is 2.96. The molecule has 2 N–H and O–H groups in total. The first kappa shape index (κ1) is 13.0. The monoisotopic (exact) mass is 269 g/mol. The fourth-order valence-corrected chi connectivity index (χ4v) is 2.84. The van der Waals surface area contributed by atoms with Gasteiger partial charge < -0.3 is 15.2 Å². The van der Waals surface area contributed by atoms with Gasteiger partial charge >= 0.3 is 5.97 Å². The van der Waals surface area contributed by atoms with E-state index in [0.29, 0.717) is 18.7 Å². The van der Waals surface area contributed by atoms with Crippen LogP contribution in [0.4, 0.5) is 5.69 Å². The quantitative estimate of drug-likeness (QED) is 0.878. The number of carbonyl (C=O) groups is 2. The van der Waals surface area contributed by atoms with Crippen LogP contribution in [0.25, 0.3) is 0 Å². The van der Waals surface area contributed by atoms with Crippen LogP contribution in [0.5, 0.6) is 0 Å². The Balaban J connectivity index is 2.07. The lowest BCUT2D eigenvalue weighted by molar-refractivity contribution is -0.121. The molecule has 2 atom stereocenters. The molecule has 1 aromatic rings. The molecule has 0 aromatic carbocycles. The van der Waals surface area contributed by atoms with Crippen molar-refractivity contribution >= 4 is 28.9 Å². The second-order valence-electron chi connectivity index (χ2n) is 4.17. The van der Waals surface area contributed by atoms with Gasteiger partial charge in [-0.25, -0.2) is 4.79 Å². The third-order valence-corrected chi connectivity index (χ3v) is 3.97. The van der Waals surface area contributed by atoms with E-state index in [1.165, 1.54) is 0 Å². The summed E-state index contributed by atoms with van der Waals surface area (Å²) in [6.45, 7) is 2.57. The molecule has 1 saturated heterocycles. The zero-order chi connectivity index (χ0) is 13.1. The third kappa shape index (κ3) is 2.54. The predicted octanol–water partition coefficient (Wildman–Crippen LogP) is 2.20. The van der Waals surface area contributed by atoms with Crippen molar-refractivity contribution in [2.75, 3.05) is 11.9 Å². The second kappa shape index (κ2) is 5.49. The molecular weight excluding hydrogens is 254 g/mol. The molecule has 0 radical (unpaired) electrons. The first-order chi connectivity index (χ1) is 8.63. The summed E-state index contributed by atoms with van der Waals surface area (Å²) < 4.78 is 5.46. The lowest BCUT2D eigenvalue weighted by atomic mass is 9.98. The van der Waals surface area contributed by atoms with E-state index in [1.54, 1.807) is 11.4 Å². The van der Waals surface area contributed by atoms with Crippen molar-refractivity contribution in [2.24, 2.45) is 5.92 Å². The summed E-state index contributed by atoms with van der Waals surface area (Å²) in [4.78, 5) is 23.2. The Morgan fingerprint density at radius 3 is 3.06 bits per heavy atom. The van der Waals surface area contributed by atoms with Gasteiger partial charge in [-0.1, -0.05) is 6.92 Å². The van der Waals surface area contributed by atoms with Gasteiger partial charge in [0.25, 0.3) is 0 Å². The Labute approximate surface area is 109 Å². The topological polar surface area (TPSA) is 75.6 Å². The Hall–Kier alpha value is -1.40. The smallest absolute Gasteiger partial charge is 0.348 e. The minimum absolute atomic E-state index is 0.0584. The van der Waals surface area contributed by atoms with Crippen LogP contribution in [-0.4, -0.2) is 29.7 Å². The predicted molar refractivity (Wildman–Crippen MR) is 68.0 cm³/mol. The number of hydrogen-bond acceptors (Lipinski definition) is 4. The third-order valence-electron chi connectivity index (χ3n) is 3.07. The number of anilines is 1. The Bertz CT molecular complexity index is 457. The van der Waals surface area contributed by atoms with Gasteiger partial charge in [0.15, 0.2) is 0 Å². The van der Waals surface area contributed by atoms with Crippen LogP contribution < -0.4 is 5.32 Å². The van der Waals surface area contributed by atoms with Crippen molar-refractivity contribution in [2.45, 2.75) is 25.9 Å². The highest BCUT2D eigenvalue weighted by Gasteiger charge is 2.33. The summed E-state index contributed by atoms with van der Waals surface area (Å²) in [5, 5.41) is 13.3. The molecule has 0 aliphatic carbocycles. The van der Waals surface area contributed by atoms with E-state index in [2.05, 4.69) is 5.32 Å². The number of amides is 1. The first-order valence-corrected chi connectivity index (χ1v) is 6.74. The number of nitrogens with one attached hydrogen (secondary N) is 1. The molecule has 0 saturated carbocycles. The summed E-state index contributed by atoms with van der Waals surface area (Å²) in [7, 11) is 0. The SMILES string of the molecule is CCC1OCCC1C(=O)Nc1ccsc1C(=O)O. The molecule has 1 amide bonds. The lowest BCUT2D eigenvalue weighted by Crippen LogP contribution is -2.29. The summed E-state index contributed by atoms with van der Waals surface area (Å²) >= 11 is 1.10. The number of carbonyl (C=O) groups excluding carboxylic acids is 1. The number of carboxylic acids is 1. The van der Waals surface area contributed by atoms with Gasteiger partial charge in [0.1, 0.15) is 4.88 Å². The van der Waals surface area contributed by atoms with Crippen molar-refractivity contribution < 1.29 is 19.4 Å². The van der Waals surface area contributed by atoms with E-state index in [1.807, 2.05) is 6.92 Å². The highest BCUT2D eigenvalue weighted by atomic mass is 32.1. The van der Waals surface area contributed by atoms with Gasteiger partial charge in [0.05, 0.1) is 17.7 Å². The molecule has 18 heavy (non-hydrogen) atoms. The number of ether oxygens (including phenoxy) is 1. The molecule has 5 nitrogen and oxygen atoms in total. The average molecular weight is 269 g/mol. The highest BCUT2D eigenvalue weighted by molar-refractivity contribution is 7.12.